The molecule has 1 atom stereocenters. The van der Waals surface area contributed by atoms with Crippen LogP contribution in [-0.4, -0.2) is 29.8 Å². The quantitative estimate of drug-likeness (QED) is 0.755. The molecule has 0 bridgehead atoms. The number of ether oxygens (including phenoxy) is 1. The van der Waals surface area contributed by atoms with Gasteiger partial charge in [0.05, 0.1) is 19.3 Å². The fourth-order valence-electron chi connectivity index (χ4n) is 1.98. The Hall–Kier alpha value is -1.59. The van der Waals surface area contributed by atoms with Gasteiger partial charge in [-0.05, 0) is 6.07 Å². The Labute approximate surface area is 92.0 Å². The number of morpholine rings is 1. The van der Waals surface area contributed by atoms with Gasteiger partial charge in [0.15, 0.2) is 17.7 Å². The molecule has 2 N–H and O–H groups in total. The molecular weight excluding hydrogens is 208 g/mol. The molecule has 1 fully saturated rings. The molecule has 1 aromatic heterocycles. The number of rotatable bonds is 1. The minimum atomic E-state index is 0.0169. The number of nitrogens with one attached hydrogen (secondary N) is 1. The van der Waals surface area contributed by atoms with Crippen molar-refractivity contribution in [3.8, 4) is 5.75 Å². The van der Waals surface area contributed by atoms with E-state index in [1.807, 2.05) is 12.1 Å². The van der Waals surface area contributed by atoms with Crippen LogP contribution >= 0.6 is 0 Å². The number of oxazole rings is 1. The Morgan fingerprint density at radius 3 is 3.19 bits per heavy atom. The molecule has 1 saturated heterocycles. The Bertz CT molecular complexity index is 503. The zero-order chi connectivity index (χ0) is 11.0. The molecule has 5 nitrogen and oxygen atoms in total. The summed E-state index contributed by atoms with van der Waals surface area (Å²) in [7, 11) is 0. The Morgan fingerprint density at radius 2 is 2.38 bits per heavy atom. The van der Waals surface area contributed by atoms with Crippen LogP contribution in [0, 0.1) is 0 Å². The van der Waals surface area contributed by atoms with E-state index in [1.165, 1.54) is 6.39 Å². The van der Waals surface area contributed by atoms with Crippen molar-refractivity contribution < 1.29 is 14.3 Å². The summed E-state index contributed by atoms with van der Waals surface area (Å²) in [5.41, 5.74) is 1.90. The first-order valence-corrected chi connectivity index (χ1v) is 5.22. The summed E-state index contributed by atoms with van der Waals surface area (Å²) in [6.07, 6.45) is 1.33. The van der Waals surface area contributed by atoms with Crippen molar-refractivity contribution in [1.29, 1.82) is 0 Å². The molecule has 1 aliphatic heterocycles. The van der Waals surface area contributed by atoms with Crippen molar-refractivity contribution in [2.24, 2.45) is 0 Å². The molecule has 0 saturated carbocycles. The zero-order valence-corrected chi connectivity index (χ0v) is 8.64. The molecule has 1 aliphatic rings. The normalized spacial score (nSPS) is 21.4. The predicted octanol–water partition coefficient (Wildman–Crippen LogP) is 1.19. The topological polar surface area (TPSA) is 67.5 Å². The number of phenols is 1. The second-order valence-electron chi connectivity index (χ2n) is 3.79. The molecule has 1 unspecified atom stereocenters. The SMILES string of the molecule is Oc1c(C2COCCN2)ccc2ncoc12. The van der Waals surface area contributed by atoms with Crippen molar-refractivity contribution in [2.75, 3.05) is 19.8 Å². The van der Waals surface area contributed by atoms with Crippen LogP contribution in [0.5, 0.6) is 5.75 Å². The third-order valence-corrected chi connectivity index (χ3v) is 2.80. The first-order chi connectivity index (χ1) is 7.86. The van der Waals surface area contributed by atoms with Crippen molar-refractivity contribution in [3.63, 3.8) is 0 Å². The van der Waals surface area contributed by atoms with Gasteiger partial charge in [-0.3, -0.25) is 0 Å². The monoisotopic (exact) mass is 220 g/mol. The summed E-state index contributed by atoms with van der Waals surface area (Å²) in [6.45, 7) is 2.06. The van der Waals surface area contributed by atoms with Gasteiger partial charge in [0.25, 0.3) is 0 Å². The average Bonchev–Trinajstić information content (AvgIpc) is 2.80. The van der Waals surface area contributed by atoms with Crippen molar-refractivity contribution in [2.45, 2.75) is 6.04 Å². The third kappa shape index (κ3) is 1.45. The molecular formula is C11H12N2O3. The van der Waals surface area contributed by atoms with Gasteiger partial charge in [-0.2, -0.15) is 0 Å². The third-order valence-electron chi connectivity index (χ3n) is 2.80. The maximum absolute atomic E-state index is 10.1. The van der Waals surface area contributed by atoms with E-state index in [1.54, 1.807) is 0 Å². The number of aromatic hydroxyl groups is 1. The van der Waals surface area contributed by atoms with E-state index in [4.69, 9.17) is 9.15 Å². The van der Waals surface area contributed by atoms with E-state index < -0.39 is 0 Å². The standard InChI is InChI=1S/C11H12N2O3/c14-10-7(9-5-15-4-3-12-9)1-2-8-11(10)16-6-13-8/h1-2,6,9,12,14H,3-5H2. The smallest absolute Gasteiger partial charge is 0.196 e. The molecule has 16 heavy (non-hydrogen) atoms. The number of aromatic nitrogens is 1. The van der Waals surface area contributed by atoms with Crippen LogP contribution in [0.25, 0.3) is 11.1 Å². The van der Waals surface area contributed by atoms with Crippen molar-refractivity contribution in [3.05, 3.63) is 24.1 Å². The largest absolute Gasteiger partial charge is 0.504 e. The second-order valence-corrected chi connectivity index (χ2v) is 3.79. The fourth-order valence-corrected chi connectivity index (χ4v) is 1.98. The lowest BCUT2D eigenvalue weighted by Gasteiger charge is -2.24. The van der Waals surface area contributed by atoms with Gasteiger partial charge in [0.2, 0.25) is 0 Å². The van der Waals surface area contributed by atoms with Crippen LogP contribution in [0.15, 0.2) is 22.9 Å². The van der Waals surface area contributed by atoms with Crippen LogP contribution in [-0.2, 0) is 4.74 Å². The average molecular weight is 220 g/mol. The van der Waals surface area contributed by atoms with Crippen LogP contribution < -0.4 is 5.32 Å². The number of hydrogen-bond acceptors (Lipinski definition) is 5. The van der Waals surface area contributed by atoms with Crippen molar-refractivity contribution >= 4 is 11.1 Å². The summed E-state index contributed by atoms with van der Waals surface area (Å²) in [5.74, 6) is 0.151. The fraction of sp³-hybridized carbons (Fsp3) is 0.364. The van der Waals surface area contributed by atoms with Gasteiger partial charge < -0.3 is 19.6 Å². The summed E-state index contributed by atoms with van der Waals surface area (Å²) in [5, 5.41) is 13.3. The molecule has 0 spiro atoms. The van der Waals surface area contributed by atoms with Gasteiger partial charge in [-0.15, -0.1) is 0 Å². The number of phenolic OH excluding ortho intramolecular Hbond substituents is 1. The van der Waals surface area contributed by atoms with E-state index in [9.17, 15) is 5.11 Å². The number of benzene rings is 1. The van der Waals surface area contributed by atoms with E-state index in [2.05, 4.69) is 10.3 Å². The number of nitrogens with zero attached hydrogens (tertiary/aromatic N) is 1. The lowest BCUT2D eigenvalue weighted by atomic mass is 10.0. The Kier molecular flexibility index (Phi) is 2.27. The summed E-state index contributed by atoms with van der Waals surface area (Å²) in [4.78, 5) is 3.99. The Morgan fingerprint density at radius 1 is 1.44 bits per heavy atom. The highest BCUT2D eigenvalue weighted by molar-refractivity contribution is 5.80. The predicted molar refractivity (Wildman–Crippen MR) is 57.2 cm³/mol. The summed E-state index contributed by atoms with van der Waals surface area (Å²) in [6, 6.07) is 3.71. The first-order valence-electron chi connectivity index (χ1n) is 5.22. The van der Waals surface area contributed by atoms with E-state index >= 15 is 0 Å². The lowest BCUT2D eigenvalue weighted by molar-refractivity contribution is 0.0761. The zero-order valence-electron chi connectivity index (χ0n) is 8.64. The van der Waals surface area contributed by atoms with Gasteiger partial charge in [0, 0.05) is 12.1 Å². The highest BCUT2D eigenvalue weighted by Crippen LogP contribution is 2.32. The second kappa shape index (κ2) is 3.77. The highest BCUT2D eigenvalue weighted by atomic mass is 16.5. The molecule has 5 heteroatoms. The van der Waals surface area contributed by atoms with Crippen molar-refractivity contribution in [1.82, 2.24) is 10.3 Å². The molecule has 3 rings (SSSR count). The molecule has 0 aliphatic carbocycles. The summed E-state index contributed by atoms with van der Waals surface area (Å²) < 4.78 is 10.5. The molecule has 0 amide bonds. The van der Waals surface area contributed by atoms with Crippen LogP contribution in [0.3, 0.4) is 0 Å². The summed E-state index contributed by atoms with van der Waals surface area (Å²) >= 11 is 0. The van der Waals surface area contributed by atoms with Gasteiger partial charge in [-0.25, -0.2) is 4.98 Å². The van der Waals surface area contributed by atoms with Gasteiger partial charge >= 0.3 is 0 Å². The number of fused-ring (bicyclic) bond motifs is 1. The number of hydrogen-bond donors (Lipinski definition) is 2. The van der Waals surface area contributed by atoms with E-state index in [-0.39, 0.29) is 11.8 Å². The molecule has 84 valence electrons. The molecule has 2 aromatic rings. The van der Waals surface area contributed by atoms with Crippen LogP contribution in [0.2, 0.25) is 0 Å². The maximum atomic E-state index is 10.1. The minimum Gasteiger partial charge on any atom is -0.504 e. The molecule has 0 radical (unpaired) electrons. The van der Waals surface area contributed by atoms with Crippen LogP contribution in [0.4, 0.5) is 0 Å². The molecule has 1 aromatic carbocycles. The van der Waals surface area contributed by atoms with Gasteiger partial charge in [-0.1, -0.05) is 6.07 Å². The minimum absolute atomic E-state index is 0.0169. The van der Waals surface area contributed by atoms with E-state index in [0.717, 1.165) is 12.1 Å². The first kappa shape index (κ1) is 9.62. The van der Waals surface area contributed by atoms with Crippen LogP contribution in [0.1, 0.15) is 11.6 Å². The maximum Gasteiger partial charge on any atom is 0.196 e. The molecule has 2 heterocycles. The van der Waals surface area contributed by atoms with E-state index in [0.29, 0.717) is 24.3 Å². The van der Waals surface area contributed by atoms with Gasteiger partial charge in [0.1, 0.15) is 5.52 Å². The lowest BCUT2D eigenvalue weighted by Crippen LogP contribution is -2.34. The Balaban J connectivity index is 2.05. The highest BCUT2D eigenvalue weighted by Gasteiger charge is 2.20.